The van der Waals surface area contributed by atoms with E-state index in [1.54, 1.807) is 0 Å². The average molecular weight is 582 g/mol. The molecule has 0 aromatic heterocycles. The van der Waals surface area contributed by atoms with Crippen molar-refractivity contribution in [2.45, 2.75) is 75.6 Å². The van der Waals surface area contributed by atoms with E-state index in [1.165, 1.54) is 5.56 Å². The maximum absolute atomic E-state index is 12.4. The molecular weight excluding hydrogens is 544 g/mol. The monoisotopic (exact) mass is 581 g/mol. The smallest absolute Gasteiger partial charge is 0.313 e. The second-order valence-corrected chi connectivity index (χ2v) is 11.7. The van der Waals surface area contributed by atoms with Crippen LogP contribution >= 0.6 is 11.9 Å². The SMILES string of the molecule is CC(C)Cc1ccc(C(C)C(=O)OCCC2(SN=O)CCN(C)CC2)cc1.O=C([O-])CC(O)(CC(=O)[O-])C(=O)[O-]. The minimum Gasteiger partial charge on any atom is -0.550 e. The van der Waals surface area contributed by atoms with E-state index in [1.807, 2.05) is 19.1 Å². The Kier molecular flexibility index (Phi) is 14.2. The lowest BCUT2D eigenvalue weighted by Gasteiger charge is -2.37. The van der Waals surface area contributed by atoms with Gasteiger partial charge in [-0.3, -0.25) is 4.79 Å². The van der Waals surface area contributed by atoms with Gasteiger partial charge in [0.25, 0.3) is 0 Å². The summed E-state index contributed by atoms with van der Waals surface area (Å²) in [6, 6.07) is 8.24. The third kappa shape index (κ3) is 12.0. The second-order valence-electron chi connectivity index (χ2n) is 10.5. The minimum atomic E-state index is -2.97. The van der Waals surface area contributed by atoms with Gasteiger partial charge in [0.2, 0.25) is 0 Å². The summed E-state index contributed by atoms with van der Waals surface area (Å²) in [5, 5.41) is 38.9. The molecule has 1 fully saturated rings. The summed E-state index contributed by atoms with van der Waals surface area (Å²) in [5.74, 6) is -5.87. The fourth-order valence-electron chi connectivity index (χ4n) is 4.19. The zero-order valence-electron chi connectivity index (χ0n) is 23.3. The predicted octanol–water partition coefficient (Wildman–Crippen LogP) is -0.452. The van der Waals surface area contributed by atoms with Gasteiger partial charge in [0.15, 0.2) is 0 Å². The number of rotatable bonds is 14. The lowest BCUT2D eigenvalue weighted by Crippen LogP contribution is -2.54. The molecule has 1 aliphatic heterocycles. The molecule has 12 nitrogen and oxygen atoms in total. The number of esters is 1. The molecule has 1 atom stereocenters. The largest absolute Gasteiger partial charge is 0.550 e. The first kappa shape index (κ1) is 35.0. The Morgan fingerprint density at radius 3 is 2.00 bits per heavy atom. The van der Waals surface area contributed by atoms with Crippen LogP contribution in [0.1, 0.15) is 69.9 Å². The summed E-state index contributed by atoms with van der Waals surface area (Å²) in [6.45, 7) is 8.49. The van der Waals surface area contributed by atoms with Crippen molar-refractivity contribution in [2.24, 2.45) is 10.5 Å². The van der Waals surface area contributed by atoms with Gasteiger partial charge < -0.3 is 44.4 Å². The zero-order chi connectivity index (χ0) is 30.5. The number of hydrogen-bond acceptors (Lipinski definition) is 13. The molecule has 1 heterocycles. The van der Waals surface area contributed by atoms with Crippen molar-refractivity contribution in [3.05, 3.63) is 40.3 Å². The summed E-state index contributed by atoms with van der Waals surface area (Å²) in [5.41, 5.74) is -0.708. The highest BCUT2D eigenvalue weighted by Crippen LogP contribution is 2.39. The summed E-state index contributed by atoms with van der Waals surface area (Å²) >= 11 is 1.12. The Bertz CT molecular complexity index is 991. The first-order valence-corrected chi connectivity index (χ1v) is 13.7. The molecule has 1 aromatic carbocycles. The molecule has 2 rings (SSSR count). The third-order valence-corrected chi connectivity index (χ3v) is 7.74. The number of benzene rings is 1. The van der Waals surface area contributed by atoms with Gasteiger partial charge in [-0.15, -0.1) is 4.91 Å². The molecule has 1 aromatic rings. The van der Waals surface area contributed by atoms with Crippen LogP contribution in [0.25, 0.3) is 0 Å². The number of carbonyl (C=O) groups is 4. The molecule has 224 valence electrons. The molecule has 0 amide bonds. The average Bonchev–Trinajstić information content (AvgIpc) is 2.85. The molecule has 0 radical (unpaired) electrons. The lowest BCUT2D eigenvalue weighted by atomic mass is 9.93. The van der Waals surface area contributed by atoms with E-state index >= 15 is 0 Å². The van der Waals surface area contributed by atoms with E-state index in [2.05, 4.69) is 42.5 Å². The molecule has 40 heavy (non-hydrogen) atoms. The molecule has 1 aliphatic rings. The van der Waals surface area contributed by atoms with Crippen molar-refractivity contribution >= 4 is 35.8 Å². The van der Waals surface area contributed by atoms with Crippen molar-refractivity contribution in [2.75, 3.05) is 26.7 Å². The van der Waals surface area contributed by atoms with Crippen LogP contribution in [-0.4, -0.2) is 71.0 Å². The number of ether oxygens (including phenoxy) is 1. The summed E-state index contributed by atoms with van der Waals surface area (Å²) in [7, 11) is 2.08. The van der Waals surface area contributed by atoms with Gasteiger partial charge in [-0.25, -0.2) is 0 Å². The van der Waals surface area contributed by atoms with Crippen LogP contribution in [0, 0.1) is 10.8 Å². The Hall–Kier alpha value is -3.03. The Morgan fingerprint density at radius 1 is 1.05 bits per heavy atom. The number of likely N-dealkylation sites (tertiary alicyclic amines) is 1. The van der Waals surface area contributed by atoms with Gasteiger partial charge >= 0.3 is 5.97 Å². The minimum absolute atomic E-state index is 0.198. The second kappa shape index (κ2) is 16.3. The van der Waals surface area contributed by atoms with E-state index in [9.17, 15) is 39.4 Å². The van der Waals surface area contributed by atoms with Crippen molar-refractivity contribution in [3.63, 3.8) is 0 Å². The first-order valence-electron chi connectivity index (χ1n) is 12.9. The van der Waals surface area contributed by atoms with Crippen LogP contribution in [0.15, 0.2) is 28.8 Å². The van der Waals surface area contributed by atoms with Crippen LogP contribution in [0.4, 0.5) is 0 Å². The molecular formula is C27H37N2O10S-3. The maximum atomic E-state index is 12.4. The van der Waals surface area contributed by atoms with E-state index < -0.39 is 36.4 Å². The van der Waals surface area contributed by atoms with E-state index in [4.69, 9.17) is 9.84 Å². The number of nitroso groups, excluding NO2 is 1. The van der Waals surface area contributed by atoms with Crippen LogP contribution in [0.2, 0.25) is 0 Å². The highest BCUT2D eigenvalue weighted by atomic mass is 32.2. The molecule has 0 saturated carbocycles. The summed E-state index contributed by atoms with van der Waals surface area (Å²) in [6.07, 6.45) is 0.781. The number of hydrogen-bond donors (Lipinski definition) is 1. The number of aliphatic carboxylic acids is 3. The molecule has 0 spiro atoms. The molecule has 0 aliphatic carbocycles. The van der Waals surface area contributed by atoms with Crippen molar-refractivity contribution in [3.8, 4) is 0 Å². The number of carboxylic acid groups (broad SMARTS) is 3. The number of nitrogens with zero attached hydrogens (tertiary/aromatic N) is 2. The van der Waals surface area contributed by atoms with Crippen LogP contribution in [0.3, 0.4) is 0 Å². The third-order valence-electron chi connectivity index (χ3n) is 6.66. The number of aliphatic hydroxyl groups is 1. The molecule has 1 unspecified atom stereocenters. The highest BCUT2D eigenvalue weighted by molar-refractivity contribution is 7.99. The van der Waals surface area contributed by atoms with E-state index in [0.29, 0.717) is 18.9 Å². The van der Waals surface area contributed by atoms with Crippen LogP contribution < -0.4 is 15.3 Å². The maximum Gasteiger partial charge on any atom is 0.313 e. The molecule has 13 heteroatoms. The van der Waals surface area contributed by atoms with Gasteiger partial charge in [-0.1, -0.05) is 38.1 Å². The first-order chi connectivity index (χ1) is 18.6. The highest BCUT2D eigenvalue weighted by Gasteiger charge is 2.36. The topological polar surface area (TPSA) is 200 Å². The fraction of sp³-hybridized carbons (Fsp3) is 0.630. The molecule has 0 bridgehead atoms. The van der Waals surface area contributed by atoms with E-state index in [0.717, 1.165) is 49.9 Å². The number of piperidine rings is 1. The fourth-order valence-corrected chi connectivity index (χ4v) is 4.89. The number of carbonyl (C=O) groups excluding carboxylic acids is 4. The van der Waals surface area contributed by atoms with E-state index in [-0.39, 0.29) is 16.6 Å². The van der Waals surface area contributed by atoms with Gasteiger partial charge in [-0.2, -0.15) is 0 Å². The predicted molar refractivity (Wildman–Crippen MR) is 141 cm³/mol. The van der Waals surface area contributed by atoms with Gasteiger partial charge in [0.1, 0.15) is 5.60 Å². The van der Waals surface area contributed by atoms with Gasteiger partial charge in [0.05, 0.1) is 18.5 Å². The van der Waals surface area contributed by atoms with Crippen molar-refractivity contribution in [1.29, 1.82) is 0 Å². The Balaban J connectivity index is 0.000000520. The normalized spacial score (nSPS) is 15.8. The standard InChI is InChI=1S/C21H32N2O3S.C6H8O7/c1-16(2)15-18-5-7-19(8-6-18)17(3)20(24)26-14-11-21(27-22-25)9-12-23(4)13-10-21;7-3(8)1-6(13,5(11)12)2-4(9)10/h5-8,16-17H,9-15H2,1-4H3;13H,1-2H2,(H,7,8)(H,9,10)(H,11,12)/p-3. The quantitative estimate of drug-likeness (QED) is 0.169. The zero-order valence-corrected chi connectivity index (χ0v) is 24.1. The lowest BCUT2D eigenvalue weighted by molar-refractivity contribution is -0.339. The Labute approximate surface area is 238 Å². The number of carboxylic acids is 3. The summed E-state index contributed by atoms with van der Waals surface area (Å²) in [4.78, 5) is 55.5. The van der Waals surface area contributed by atoms with Gasteiger partial charge in [-0.05, 0) is 69.8 Å². The van der Waals surface area contributed by atoms with Gasteiger partial charge in [0, 0.05) is 46.1 Å². The molecule has 1 saturated heterocycles. The molecule has 1 N–H and O–H groups in total. The van der Waals surface area contributed by atoms with Crippen LogP contribution in [0.5, 0.6) is 0 Å². The van der Waals surface area contributed by atoms with Crippen LogP contribution in [-0.2, 0) is 30.3 Å². The van der Waals surface area contributed by atoms with Crippen molar-refractivity contribution < 1.29 is 44.3 Å². The summed E-state index contributed by atoms with van der Waals surface area (Å²) < 4.78 is 8.42. The van der Waals surface area contributed by atoms with Crippen molar-refractivity contribution in [1.82, 2.24) is 4.90 Å². The Morgan fingerprint density at radius 2 is 1.57 bits per heavy atom.